The van der Waals surface area contributed by atoms with Gasteiger partial charge in [0.2, 0.25) is 11.8 Å². The van der Waals surface area contributed by atoms with Gasteiger partial charge < -0.3 is 11.1 Å². The highest BCUT2D eigenvalue weighted by Crippen LogP contribution is 2.24. The molecule has 1 atom stereocenters. The maximum absolute atomic E-state index is 12.0. The third-order valence-electron chi connectivity index (χ3n) is 4.11. The topological polar surface area (TPSA) is 72.2 Å². The van der Waals surface area contributed by atoms with E-state index >= 15 is 0 Å². The van der Waals surface area contributed by atoms with E-state index in [1.165, 1.54) is 19.3 Å². The zero-order chi connectivity index (χ0) is 15.8. The highest BCUT2D eigenvalue weighted by molar-refractivity contribution is 5.92. The molecule has 4 nitrogen and oxygen atoms in total. The molecule has 0 heterocycles. The third kappa shape index (κ3) is 5.35. The second kappa shape index (κ2) is 8.37. The van der Waals surface area contributed by atoms with Gasteiger partial charge in [0.25, 0.3) is 0 Å². The SMILES string of the molecule is NC(=O)[C@@H](Cc1ccccc1)NC(=O)/C=C/C1CCCCC1. The number of nitrogens with one attached hydrogen (secondary N) is 1. The summed E-state index contributed by atoms with van der Waals surface area (Å²) >= 11 is 0. The fraction of sp³-hybridized carbons (Fsp3) is 0.444. The molecule has 0 spiro atoms. The predicted octanol–water partition coefficient (Wildman–Crippen LogP) is 2.34. The van der Waals surface area contributed by atoms with Crippen LogP contribution in [-0.4, -0.2) is 17.9 Å². The van der Waals surface area contributed by atoms with E-state index in [0.29, 0.717) is 12.3 Å². The molecule has 4 heteroatoms. The molecule has 0 aliphatic heterocycles. The first kappa shape index (κ1) is 16.3. The fourth-order valence-corrected chi connectivity index (χ4v) is 2.84. The normalized spacial score (nSPS) is 17.3. The van der Waals surface area contributed by atoms with E-state index in [1.807, 2.05) is 36.4 Å². The van der Waals surface area contributed by atoms with E-state index in [0.717, 1.165) is 18.4 Å². The number of nitrogens with two attached hydrogens (primary N) is 1. The molecule has 0 unspecified atom stereocenters. The molecule has 0 aromatic heterocycles. The lowest BCUT2D eigenvalue weighted by Gasteiger charge is -2.18. The Bertz CT molecular complexity index is 519. The number of hydrogen-bond acceptors (Lipinski definition) is 2. The van der Waals surface area contributed by atoms with Crippen LogP contribution in [0.5, 0.6) is 0 Å². The Kier molecular flexibility index (Phi) is 6.19. The van der Waals surface area contributed by atoms with Crippen LogP contribution in [0, 0.1) is 5.92 Å². The van der Waals surface area contributed by atoms with Crippen LogP contribution in [0.1, 0.15) is 37.7 Å². The maximum Gasteiger partial charge on any atom is 0.244 e. The third-order valence-corrected chi connectivity index (χ3v) is 4.11. The van der Waals surface area contributed by atoms with Gasteiger partial charge in [-0.1, -0.05) is 55.7 Å². The number of benzene rings is 1. The van der Waals surface area contributed by atoms with Crippen LogP contribution < -0.4 is 11.1 Å². The van der Waals surface area contributed by atoms with Gasteiger partial charge in [-0.25, -0.2) is 0 Å². The molecule has 22 heavy (non-hydrogen) atoms. The highest BCUT2D eigenvalue weighted by Gasteiger charge is 2.18. The average Bonchev–Trinajstić information content (AvgIpc) is 2.54. The van der Waals surface area contributed by atoms with E-state index in [1.54, 1.807) is 6.08 Å². The largest absolute Gasteiger partial charge is 0.368 e. The zero-order valence-electron chi connectivity index (χ0n) is 12.8. The fourth-order valence-electron chi connectivity index (χ4n) is 2.84. The Labute approximate surface area is 131 Å². The first-order valence-corrected chi connectivity index (χ1v) is 7.97. The molecule has 1 aromatic rings. The summed E-state index contributed by atoms with van der Waals surface area (Å²) in [6.45, 7) is 0. The lowest BCUT2D eigenvalue weighted by atomic mass is 9.89. The van der Waals surface area contributed by atoms with Gasteiger partial charge in [0, 0.05) is 6.42 Å². The van der Waals surface area contributed by atoms with Crippen molar-refractivity contribution >= 4 is 11.8 Å². The van der Waals surface area contributed by atoms with Crippen molar-refractivity contribution in [3.63, 3.8) is 0 Å². The number of carbonyl (C=O) groups excluding carboxylic acids is 2. The molecule has 1 aliphatic rings. The molecule has 1 aliphatic carbocycles. The van der Waals surface area contributed by atoms with Crippen LogP contribution in [-0.2, 0) is 16.0 Å². The van der Waals surface area contributed by atoms with Crippen molar-refractivity contribution in [3.05, 3.63) is 48.0 Å². The number of primary amides is 1. The van der Waals surface area contributed by atoms with Gasteiger partial charge in [-0.05, 0) is 30.4 Å². The lowest BCUT2D eigenvalue weighted by Crippen LogP contribution is -2.45. The van der Waals surface area contributed by atoms with Crippen LogP contribution in [0.25, 0.3) is 0 Å². The number of hydrogen-bond donors (Lipinski definition) is 2. The Hall–Kier alpha value is -2.10. The minimum absolute atomic E-state index is 0.245. The van der Waals surface area contributed by atoms with Crippen molar-refractivity contribution in [2.45, 2.75) is 44.6 Å². The minimum atomic E-state index is -0.675. The number of amides is 2. The average molecular weight is 300 g/mol. The van der Waals surface area contributed by atoms with Crippen LogP contribution in [0.3, 0.4) is 0 Å². The summed E-state index contributed by atoms with van der Waals surface area (Å²) < 4.78 is 0. The summed E-state index contributed by atoms with van der Waals surface area (Å²) in [5.74, 6) is -0.269. The molecule has 0 radical (unpaired) electrons. The van der Waals surface area contributed by atoms with Gasteiger partial charge in [-0.2, -0.15) is 0 Å². The van der Waals surface area contributed by atoms with Crippen molar-refractivity contribution in [2.24, 2.45) is 11.7 Å². The Morgan fingerprint density at radius 3 is 2.50 bits per heavy atom. The molecule has 1 fully saturated rings. The van der Waals surface area contributed by atoms with Crippen molar-refractivity contribution in [3.8, 4) is 0 Å². The van der Waals surface area contributed by atoms with Crippen LogP contribution in [0.2, 0.25) is 0 Å². The van der Waals surface area contributed by atoms with Gasteiger partial charge in [0.15, 0.2) is 0 Å². The number of allylic oxidation sites excluding steroid dienone is 1. The van der Waals surface area contributed by atoms with E-state index < -0.39 is 11.9 Å². The lowest BCUT2D eigenvalue weighted by molar-refractivity contribution is -0.124. The van der Waals surface area contributed by atoms with Gasteiger partial charge in [-0.15, -0.1) is 0 Å². The van der Waals surface area contributed by atoms with Crippen molar-refractivity contribution < 1.29 is 9.59 Å². The second-order valence-corrected chi connectivity index (χ2v) is 5.91. The Morgan fingerprint density at radius 2 is 1.86 bits per heavy atom. The van der Waals surface area contributed by atoms with Gasteiger partial charge in [0.05, 0.1) is 0 Å². The van der Waals surface area contributed by atoms with Crippen molar-refractivity contribution in [1.29, 1.82) is 0 Å². The summed E-state index contributed by atoms with van der Waals surface area (Å²) in [6, 6.07) is 8.87. The monoisotopic (exact) mass is 300 g/mol. The Morgan fingerprint density at radius 1 is 1.18 bits per heavy atom. The van der Waals surface area contributed by atoms with Crippen LogP contribution in [0.4, 0.5) is 0 Å². The molecule has 0 bridgehead atoms. The molecule has 2 rings (SSSR count). The maximum atomic E-state index is 12.0. The van der Waals surface area contributed by atoms with Gasteiger partial charge >= 0.3 is 0 Å². The quantitative estimate of drug-likeness (QED) is 0.791. The highest BCUT2D eigenvalue weighted by atomic mass is 16.2. The number of rotatable bonds is 6. The first-order valence-electron chi connectivity index (χ1n) is 7.97. The standard InChI is InChI=1S/C18H24N2O2/c19-18(22)16(13-15-9-5-2-6-10-15)20-17(21)12-11-14-7-3-1-4-8-14/h2,5-6,9-12,14,16H,1,3-4,7-8,13H2,(H2,19,22)(H,20,21)/b12-11+/t16-/m1/s1. The molecule has 0 saturated heterocycles. The summed E-state index contributed by atoms with van der Waals surface area (Å²) in [6.07, 6.45) is 9.98. The van der Waals surface area contributed by atoms with Crippen molar-refractivity contribution in [2.75, 3.05) is 0 Å². The van der Waals surface area contributed by atoms with Crippen LogP contribution >= 0.6 is 0 Å². The summed E-state index contributed by atoms with van der Waals surface area (Å²) in [7, 11) is 0. The Balaban J connectivity index is 1.88. The molecular weight excluding hydrogens is 276 g/mol. The summed E-state index contributed by atoms with van der Waals surface area (Å²) in [4.78, 5) is 23.5. The molecule has 2 amide bonds. The first-order chi connectivity index (χ1) is 10.6. The summed E-state index contributed by atoms with van der Waals surface area (Å²) in [5.41, 5.74) is 6.37. The molecule has 1 saturated carbocycles. The molecule has 1 aromatic carbocycles. The van der Waals surface area contributed by atoms with Gasteiger partial charge in [-0.3, -0.25) is 9.59 Å². The van der Waals surface area contributed by atoms with E-state index in [9.17, 15) is 9.59 Å². The number of carbonyl (C=O) groups is 2. The van der Waals surface area contributed by atoms with E-state index in [-0.39, 0.29) is 5.91 Å². The minimum Gasteiger partial charge on any atom is -0.368 e. The molecule has 118 valence electrons. The molecule has 3 N–H and O–H groups in total. The smallest absolute Gasteiger partial charge is 0.244 e. The zero-order valence-corrected chi connectivity index (χ0v) is 12.8. The van der Waals surface area contributed by atoms with Crippen LogP contribution in [0.15, 0.2) is 42.5 Å². The predicted molar refractivity (Wildman–Crippen MR) is 87.0 cm³/mol. The molecular formula is C18H24N2O2. The van der Waals surface area contributed by atoms with Gasteiger partial charge in [0.1, 0.15) is 6.04 Å². The van der Waals surface area contributed by atoms with Crippen molar-refractivity contribution in [1.82, 2.24) is 5.32 Å². The summed E-state index contributed by atoms with van der Waals surface area (Å²) in [5, 5.41) is 2.70. The van der Waals surface area contributed by atoms with E-state index in [2.05, 4.69) is 5.32 Å². The second-order valence-electron chi connectivity index (χ2n) is 5.91. The van der Waals surface area contributed by atoms with E-state index in [4.69, 9.17) is 5.73 Å².